The molecule has 0 aromatic heterocycles. The topological polar surface area (TPSA) is 110 Å². The van der Waals surface area contributed by atoms with Crippen LogP contribution in [-0.2, 0) is 14.2 Å². The summed E-state index contributed by atoms with van der Waals surface area (Å²) in [5, 5.41) is 18.9. The molecule has 0 fully saturated rings. The minimum atomic E-state index is -4.42. The number of aliphatic hydroxyl groups is 1. The van der Waals surface area contributed by atoms with Crippen molar-refractivity contribution < 1.29 is 29.1 Å². The van der Waals surface area contributed by atoms with Crippen molar-refractivity contribution in [1.82, 2.24) is 4.90 Å². The first-order valence-corrected chi connectivity index (χ1v) is 6.14. The van der Waals surface area contributed by atoms with Crippen LogP contribution < -0.4 is 0 Å². The minimum Gasteiger partial charge on any atom is -0.395 e. The molecule has 0 aromatic carbocycles. The van der Waals surface area contributed by atoms with E-state index in [2.05, 4.69) is 4.52 Å². The lowest BCUT2D eigenvalue weighted by atomic mass is 10.4. The van der Waals surface area contributed by atoms with Gasteiger partial charge in [-0.05, 0) is 6.42 Å². The molecule has 0 spiro atoms. The predicted molar refractivity (Wildman–Crippen MR) is 51.7 cm³/mol. The fourth-order valence-corrected chi connectivity index (χ4v) is 1.37. The van der Waals surface area contributed by atoms with Gasteiger partial charge in [0.15, 0.2) is 0 Å². The predicted octanol–water partition coefficient (Wildman–Crippen LogP) is -0.789. The zero-order valence-corrected chi connectivity index (χ0v) is 9.30. The van der Waals surface area contributed by atoms with E-state index in [0.717, 1.165) is 0 Å². The summed E-state index contributed by atoms with van der Waals surface area (Å²) in [6, 6.07) is 0. The van der Waals surface area contributed by atoms with Crippen molar-refractivity contribution >= 4 is 7.82 Å². The molecule has 7 nitrogen and oxygen atoms in total. The Balaban J connectivity index is 3.70. The summed E-state index contributed by atoms with van der Waals surface area (Å²) in [5.74, 6) is 0. The molecule has 0 aliphatic heterocycles. The molecule has 0 bridgehead atoms. The average Bonchev–Trinajstić information content (AvgIpc) is 2.12. The van der Waals surface area contributed by atoms with E-state index in [-0.39, 0.29) is 26.4 Å². The molecule has 0 rings (SSSR count). The molecule has 0 heterocycles. The molecular weight excluding hydrogens is 225 g/mol. The zero-order chi connectivity index (χ0) is 11.7. The van der Waals surface area contributed by atoms with Crippen molar-refractivity contribution in [2.24, 2.45) is 0 Å². The third-order valence-electron chi connectivity index (χ3n) is 1.70. The van der Waals surface area contributed by atoms with Crippen molar-refractivity contribution in [3.05, 3.63) is 0 Å². The normalized spacial score (nSPS) is 12.3. The number of aliphatic hydroxyl groups excluding tert-OH is 1. The van der Waals surface area contributed by atoms with E-state index in [4.69, 9.17) is 14.9 Å². The number of rotatable bonds is 9. The van der Waals surface area contributed by atoms with Crippen LogP contribution in [0.25, 0.3) is 0 Å². The summed E-state index contributed by atoms with van der Waals surface area (Å²) in [6.45, 7) is 0.754. The van der Waals surface area contributed by atoms with Crippen LogP contribution in [0.15, 0.2) is 0 Å². The Kier molecular flexibility index (Phi) is 8.17. The highest BCUT2D eigenvalue weighted by atomic mass is 31.2. The Labute approximate surface area is 88.5 Å². The van der Waals surface area contributed by atoms with Gasteiger partial charge in [0.05, 0.1) is 19.8 Å². The Morgan fingerprint density at radius 1 is 1.20 bits per heavy atom. The van der Waals surface area contributed by atoms with Gasteiger partial charge in [0.1, 0.15) is 0 Å². The van der Waals surface area contributed by atoms with E-state index >= 15 is 0 Å². The van der Waals surface area contributed by atoms with Crippen molar-refractivity contribution in [1.29, 1.82) is 0 Å². The lowest BCUT2D eigenvalue weighted by Gasteiger charge is -2.20. The molecule has 0 saturated heterocycles. The van der Waals surface area contributed by atoms with E-state index in [9.17, 15) is 9.67 Å². The fraction of sp³-hybridized carbons (Fsp3) is 1.00. The molecule has 0 atom stereocenters. The monoisotopic (exact) mass is 242 g/mol. The third kappa shape index (κ3) is 10.3. The summed E-state index contributed by atoms with van der Waals surface area (Å²) in [7, 11) is -4.42. The Bertz CT molecular complexity index is 196. The zero-order valence-electron chi connectivity index (χ0n) is 8.41. The largest absolute Gasteiger partial charge is 0.469 e. The molecule has 0 unspecified atom stereocenters. The first kappa shape index (κ1) is 15.0. The maximum absolute atomic E-state index is 10.3. The van der Waals surface area contributed by atoms with Gasteiger partial charge < -0.3 is 14.9 Å². The summed E-state index contributed by atoms with van der Waals surface area (Å²) >= 11 is 0. The summed E-state index contributed by atoms with van der Waals surface area (Å²) in [6.07, 6.45) is 0.440. The molecule has 0 aliphatic rings. The Hall–Kier alpha value is -0.0100. The highest BCUT2D eigenvalue weighted by molar-refractivity contribution is 7.46. The van der Waals surface area contributed by atoms with E-state index < -0.39 is 7.82 Å². The Morgan fingerprint density at radius 3 is 2.33 bits per heavy atom. The van der Waals surface area contributed by atoms with Crippen LogP contribution in [0.5, 0.6) is 0 Å². The SMILES string of the molecule is [O]CCCN(CCO)CCOP(=O)(O)O. The number of phosphoric acid groups is 1. The smallest absolute Gasteiger partial charge is 0.395 e. The molecule has 8 heteroatoms. The molecule has 3 N–H and O–H groups in total. The summed E-state index contributed by atoms with van der Waals surface area (Å²) in [5.41, 5.74) is 0. The molecular formula is C7H17NO6P. The molecule has 15 heavy (non-hydrogen) atoms. The first-order chi connectivity index (χ1) is 6.99. The van der Waals surface area contributed by atoms with Crippen LogP contribution in [0.1, 0.15) is 6.42 Å². The van der Waals surface area contributed by atoms with Crippen molar-refractivity contribution in [3.63, 3.8) is 0 Å². The second-order valence-corrected chi connectivity index (χ2v) is 4.19. The standard InChI is InChI=1S/C7H17NO6P/c9-5-1-2-8(3-6-10)4-7-14-15(11,12)13/h10H,1-7H2,(H2,11,12,13). The number of hydrogen-bond acceptors (Lipinski definition) is 4. The molecule has 0 saturated carbocycles. The van der Waals surface area contributed by atoms with Gasteiger partial charge in [0.2, 0.25) is 0 Å². The Morgan fingerprint density at radius 2 is 1.87 bits per heavy atom. The molecule has 1 radical (unpaired) electrons. The molecule has 91 valence electrons. The van der Waals surface area contributed by atoms with E-state index in [1.54, 1.807) is 4.90 Å². The van der Waals surface area contributed by atoms with Crippen LogP contribution in [0.3, 0.4) is 0 Å². The second kappa shape index (κ2) is 8.18. The molecule has 0 aromatic rings. The lowest BCUT2D eigenvalue weighted by molar-refractivity contribution is 0.126. The summed E-state index contributed by atoms with van der Waals surface area (Å²) in [4.78, 5) is 18.5. The first-order valence-electron chi connectivity index (χ1n) is 4.61. The number of nitrogens with zero attached hydrogens (tertiary/aromatic N) is 1. The van der Waals surface area contributed by atoms with Gasteiger partial charge in [0, 0.05) is 19.6 Å². The van der Waals surface area contributed by atoms with Gasteiger partial charge in [0.25, 0.3) is 0 Å². The maximum Gasteiger partial charge on any atom is 0.469 e. The van der Waals surface area contributed by atoms with Gasteiger partial charge in [-0.2, -0.15) is 0 Å². The van der Waals surface area contributed by atoms with Gasteiger partial charge in [-0.25, -0.2) is 9.67 Å². The second-order valence-electron chi connectivity index (χ2n) is 2.95. The van der Waals surface area contributed by atoms with Crippen LogP contribution in [0, 0.1) is 0 Å². The maximum atomic E-state index is 10.3. The van der Waals surface area contributed by atoms with Crippen molar-refractivity contribution in [3.8, 4) is 0 Å². The van der Waals surface area contributed by atoms with E-state index in [1.165, 1.54) is 0 Å². The number of hydrogen-bond donors (Lipinski definition) is 3. The number of phosphoric ester groups is 1. The van der Waals surface area contributed by atoms with Crippen LogP contribution in [0.4, 0.5) is 0 Å². The van der Waals surface area contributed by atoms with Crippen LogP contribution in [-0.4, -0.2) is 59.2 Å². The quantitative estimate of drug-likeness (QED) is 0.457. The fourth-order valence-electron chi connectivity index (χ4n) is 1.05. The lowest BCUT2D eigenvalue weighted by Crippen LogP contribution is -2.31. The highest BCUT2D eigenvalue weighted by Crippen LogP contribution is 2.35. The van der Waals surface area contributed by atoms with Crippen LogP contribution >= 0.6 is 7.82 Å². The molecule has 0 amide bonds. The third-order valence-corrected chi connectivity index (χ3v) is 2.22. The summed E-state index contributed by atoms with van der Waals surface area (Å²) < 4.78 is 14.6. The van der Waals surface area contributed by atoms with Gasteiger partial charge >= 0.3 is 7.82 Å². The molecule has 0 aliphatic carbocycles. The average molecular weight is 242 g/mol. The minimum absolute atomic E-state index is 0.0607. The van der Waals surface area contributed by atoms with Crippen LogP contribution in [0.2, 0.25) is 0 Å². The highest BCUT2D eigenvalue weighted by Gasteiger charge is 2.14. The van der Waals surface area contributed by atoms with Gasteiger partial charge in [-0.15, -0.1) is 0 Å². The van der Waals surface area contributed by atoms with Gasteiger partial charge in [-0.3, -0.25) is 9.42 Å². The van der Waals surface area contributed by atoms with E-state index in [0.29, 0.717) is 19.5 Å². The van der Waals surface area contributed by atoms with Gasteiger partial charge in [-0.1, -0.05) is 0 Å². The van der Waals surface area contributed by atoms with Crippen molar-refractivity contribution in [2.45, 2.75) is 6.42 Å². The van der Waals surface area contributed by atoms with Crippen molar-refractivity contribution in [2.75, 3.05) is 39.5 Å². The van der Waals surface area contributed by atoms with E-state index in [1.807, 2.05) is 0 Å².